The van der Waals surface area contributed by atoms with Crippen LogP contribution in [0.5, 0.6) is 5.75 Å². The number of fused-ring (bicyclic) bond motifs is 1. The predicted molar refractivity (Wildman–Crippen MR) is 120 cm³/mol. The average molecular weight is 414 g/mol. The van der Waals surface area contributed by atoms with E-state index in [0.717, 1.165) is 11.1 Å². The predicted octanol–water partition coefficient (Wildman–Crippen LogP) is 4.88. The summed E-state index contributed by atoms with van der Waals surface area (Å²) >= 11 is 0. The second kappa shape index (κ2) is 8.44. The fraction of sp³-hybridized carbons (Fsp3) is 0.160. The molecule has 6 nitrogen and oxygen atoms in total. The maximum absolute atomic E-state index is 12.6. The molecule has 0 aliphatic heterocycles. The van der Waals surface area contributed by atoms with Gasteiger partial charge < -0.3 is 14.5 Å². The van der Waals surface area contributed by atoms with E-state index >= 15 is 0 Å². The topological polar surface area (TPSA) is 81.4 Å². The molecule has 156 valence electrons. The molecule has 31 heavy (non-hydrogen) atoms. The van der Waals surface area contributed by atoms with Crippen molar-refractivity contribution in [3.63, 3.8) is 0 Å². The van der Waals surface area contributed by atoms with Crippen molar-refractivity contribution in [1.29, 1.82) is 0 Å². The van der Waals surface area contributed by atoms with Crippen LogP contribution in [-0.2, 0) is 4.79 Å². The van der Waals surface area contributed by atoms with Crippen LogP contribution in [0.3, 0.4) is 0 Å². The fourth-order valence-electron chi connectivity index (χ4n) is 3.16. The molecule has 0 saturated heterocycles. The van der Waals surface area contributed by atoms with E-state index in [-0.39, 0.29) is 11.8 Å². The molecule has 0 radical (unpaired) electrons. The van der Waals surface area contributed by atoms with Gasteiger partial charge in [0.2, 0.25) is 5.89 Å². The van der Waals surface area contributed by atoms with Gasteiger partial charge in [0.25, 0.3) is 5.91 Å². The normalized spacial score (nSPS) is 11.8. The van der Waals surface area contributed by atoms with Crippen molar-refractivity contribution in [2.45, 2.75) is 26.9 Å². The molecule has 1 unspecified atom stereocenters. The van der Waals surface area contributed by atoms with Crippen LogP contribution in [0.4, 0.5) is 5.69 Å². The molecule has 1 heterocycles. The number of aromatic nitrogens is 1. The number of benzene rings is 3. The van der Waals surface area contributed by atoms with Gasteiger partial charge in [-0.2, -0.15) is 0 Å². The van der Waals surface area contributed by atoms with Crippen LogP contribution in [0.1, 0.15) is 18.1 Å². The SMILES string of the molecule is Cc1ccc(OC(C)C(=O)Nc2cccc(-c3nc4ccccc4c(=O)o3)c2)cc1C. The van der Waals surface area contributed by atoms with E-state index in [2.05, 4.69) is 10.3 Å². The summed E-state index contributed by atoms with van der Waals surface area (Å²) in [6, 6.07) is 19.7. The van der Waals surface area contributed by atoms with Gasteiger partial charge in [-0.25, -0.2) is 9.78 Å². The molecule has 0 aliphatic rings. The summed E-state index contributed by atoms with van der Waals surface area (Å²) in [6.45, 7) is 5.71. The van der Waals surface area contributed by atoms with Gasteiger partial charge in [-0.15, -0.1) is 0 Å². The Bertz CT molecular complexity index is 1330. The Morgan fingerprint density at radius 1 is 1.00 bits per heavy atom. The van der Waals surface area contributed by atoms with Crippen molar-refractivity contribution in [2.75, 3.05) is 5.32 Å². The van der Waals surface area contributed by atoms with Crippen molar-refractivity contribution in [3.05, 3.63) is 88.3 Å². The van der Waals surface area contributed by atoms with Crippen LogP contribution in [0.25, 0.3) is 22.4 Å². The molecular weight excluding hydrogens is 392 g/mol. The van der Waals surface area contributed by atoms with Gasteiger partial charge in [0.1, 0.15) is 5.75 Å². The summed E-state index contributed by atoms with van der Waals surface area (Å²) in [6.07, 6.45) is -0.692. The van der Waals surface area contributed by atoms with E-state index in [1.165, 1.54) is 0 Å². The van der Waals surface area contributed by atoms with Gasteiger partial charge in [0.05, 0.1) is 10.9 Å². The lowest BCUT2D eigenvalue weighted by Crippen LogP contribution is -2.30. The van der Waals surface area contributed by atoms with Crippen molar-refractivity contribution >= 4 is 22.5 Å². The number of amides is 1. The second-order valence-corrected chi connectivity index (χ2v) is 7.40. The lowest BCUT2D eigenvalue weighted by atomic mass is 10.1. The quantitative estimate of drug-likeness (QED) is 0.503. The van der Waals surface area contributed by atoms with E-state index in [0.29, 0.717) is 27.9 Å². The number of carbonyl (C=O) groups excluding carboxylic acids is 1. The number of hydrogen-bond acceptors (Lipinski definition) is 5. The number of anilines is 1. The number of nitrogens with zero attached hydrogens (tertiary/aromatic N) is 1. The Labute approximate surface area is 179 Å². The third-order valence-corrected chi connectivity index (χ3v) is 5.07. The van der Waals surface area contributed by atoms with Crippen LogP contribution in [0.15, 0.2) is 75.9 Å². The first-order chi connectivity index (χ1) is 14.9. The Morgan fingerprint density at radius 3 is 2.61 bits per heavy atom. The van der Waals surface area contributed by atoms with Crippen LogP contribution >= 0.6 is 0 Å². The molecule has 1 amide bonds. The number of nitrogens with one attached hydrogen (secondary N) is 1. The minimum atomic E-state index is -0.692. The highest BCUT2D eigenvalue weighted by Gasteiger charge is 2.16. The lowest BCUT2D eigenvalue weighted by Gasteiger charge is -2.16. The highest BCUT2D eigenvalue weighted by atomic mass is 16.5. The number of rotatable bonds is 5. The van der Waals surface area contributed by atoms with E-state index < -0.39 is 11.7 Å². The summed E-state index contributed by atoms with van der Waals surface area (Å²) in [5, 5.41) is 3.26. The Morgan fingerprint density at radius 2 is 1.81 bits per heavy atom. The lowest BCUT2D eigenvalue weighted by molar-refractivity contribution is -0.122. The van der Waals surface area contributed by atoms with E-state index in [1.807, 2.05) is 38.1 Å². The number of carbonyl (C=O) groups is 1. The first-order valence-corrected chi connectivity index (χ1v) is 9.96. The zero-order valence-electron chi connectivity index (χ0n) is 17.5. The number of ether oxygens (including phenoxy) is 1. The fourth-order valence-corrected chi connectivity index (χ4v) is 3.16. The van der Waals surface area contributed by atoms with Crippen molar-refractivity contribution in [3.8, 4) is 17.2 Å². The van der Waals surface area contributed by atoms with E-state index in [1.54, 1.807) is 49.4 Å². The standard InChI is InChI=1S/C25H22N2O4/c1-15-11-12-20(13-16(15)2)30-17(3)23(28)26-19-8-6-7-18(14-19)24-27-22-10-5-4-9-21(22)25(29)31-24/h4-14,17H,1-3H3,(H,26,28). The second-order valence-electron chi connectivity index (χ2n) is 7.40. The molecule has 0 spiro atoms. The summed E-state index contributed by atoms with van der Waals surface area (Å²) in [5.74, 6) is 0.546. The molecule has 0 bridgehead atoms. The molecule has 0 saturated carbocycles. The minimum absolute atomic E-state index is 0.194. The van der Waals surface area contributed by atoms with Gasteiger partial charge in [0, 0.05) is 11.3 Å². The largest absolute Gasteiger partial charge is 0.481 e. The zero-order valence-corrected chi connectivity index (χ0v) is 17.5. The molecule has 4 rings (SSSR count). The maximum atomic E-state index is 12.6. The molecule has 1 N–H and O–H groups in total. The monoisotopic (exact) mass is 414 g/mol. The highest BCUT2D eigenvalue weighted by Crippen LogP contribution is 2.23. The van der Waals surface area contributed by atoms with Crippen molar-refractivity contribution in [1.82, 2.24) is 4.98 Å². The van der Waals surface area contributed by atoms with Gasteiger partial charge in [-0.1, -0.05) is 24.3 Å². The minimum Gasteiger partial charge on any atom is -0.481 e. The van der Waals surface area contributed by atoms with Crippen LogP contribution in [0, 0.1) is 13.8 Å². The molecule has 3 aromatic carbocycles. The van der Waals surface area contributed by atoms with E-state index in [9.17, 15) is 9.59 Å². The van der Waals surface area contributed by atoms with Crippen molar-refractivity contribution in [2.24, 2.45) is 0 Å². The molecule has 0 fully saturated rings. The third-order valence-electron chi connectivity index (χ3n) is 5.07. The number of aryl methyl sites for hydroxylation is 2. The zero-order chi connectivity index (χ0) is 22.0. The van der Waals surface area contributed by atoms with E-state index in [4.69, 9.17) is 9.15 Å². The third kappa shape index (κ3) is 4.48. The summed E-state index contributed by atoms with van der Waals surface area (Å²) in [5.41, 5.74) is 3.50. The molecule has 4 aromatic rings. The Kier molecular flexibility index (Phi) is 5.54. The highest BCUT2D eigenvalue weighted by molar-refractivity contribution is 5.94. The average Bonchev–Trinajstić information content (AvgIpc) is 2.76. The van der Waals surface area contributed by atoms with Gasteiger partial charge >= 0.3 is 5.63 Å². The van der Waals surface area contributed by atoms with Gasteiger partial charge in [0.15, 0.2) is 6.10 Å². The maximum Gasteiger partial charge on any atom is 0.347 e. The molecule has 1 atom stereocenters. The van der Waals surface area contributed by atoms with Crippen LogP contribution in [0.2, 0.25) is 0 Å². The molecule has 6 heteroatoms. The summed E-state index contributed by atoms with van der Waals surface area (Å²) < 4.78 is 11.2. The Balaban J connectivity index is 1.52. The Hall–Kier alpha value is -3.93. The van der Waals surface area contributed by atoms with Crippen molar-refractivity contribution < 1.29 is 13.9 Å². The van der Waals surface area contributed by atoms with Crippen LogP contribution in [-0.4, -0.2) is 17.0 Å². The van der Waals surface area contributed by atoms with Gasteiger partial charge in [-0.3, -0.25) is 4.79 Å². The first-order valence-electron chi connectivity index (χ1n) is 9.96. The summed E-state index contributed by atoms with van der Waals surface area (Å²) in [7, 11) is 0. The molecule has 0 aliphatic carbocycles. The van der Waals surface area contributed by atoms with Gasteiger partial charge in [-0.05, 0) is 74.4 Å². The molecule has 1 aromatic heterocycles. The van der Waals surface area contributed by atoms with Crippen LogP contribution < -0.4 is 15.7 Å². The smallest absolute Gasteiger partial charge is 0.347 e. The number of hydrogen-bond donors (Lipinski definition) is 1. The molecular formula is C25H22N2O4. The first kappa shape index (κ1) is 20.3. The summed E-state index contributed by atoms with van der Waals surface area (Å²) in [4.78, 5) is 29.3. The number of para-hydroxylation sites is 1.